The molecule has 4 rings (SSSR count). The van der Waals surface area contributed by atoms with Gasteiger partial charge in [0.15, 0.2) is 17.4 Å². The molecular formula is C27H32F3N3O2. The fraction of sp³-hybridized carbons (Fsp3) is 0.481. The molecule has 0 bridgehead atoms. The molecule has 1 aliphatic heterocycles. The highest BCUT2D eigenvalue weighted by Crippen LogP contribution is 2.36. The molecular weight excluding hydrogens is 455 g/mol. The lowest BCUT2D eigenvalue weighted by atomic mass is 9.74. The number of nitrogens with one attached hydrogen (secondary N) is 1. The van der Waals surface area contributed by atoms with Crippen molar-refractivity contribution in [1.29, 1.82) is 0 Å². The van der Waals surface area contributed by atoms with E-state index in [1.807, 2.05) is 13.0 Å². The van der Waals surface area contributed by atoms with Crippen molar-refractivity contribution in [3.63, 3.8) is 0 Å². The molecule has 1 N–H and O–H groups in total. The number of Topliss-reactive ketones (excluding diaryl/α,β-unsaturated/α-hetero) is 1. The first kappa shape index (κ1) is 25.2. The lowest BCUT2D eigenvalue weighted by Crippen LogP contribution is -2.57. The SMILES string of the molecule is Cc1cc(OCc2c(F)ccc(F)c2F)n2nc(C)c(C(=O)CC3CC(C)(C)NC(C)(C)C3)c2c1. The lowest BCUT2D eigenvalue weighted by molar-refractivity contribution is 0.0865. The van der Waals surface area contributed by atoms with Crippen LogP contribution in [0.3, 0.4) is 0 Å². The van der Waals surface area contributed by atoms with Crippen LogP contribution in [0.15, 0.2) is 24.3 Å². The highest BCUT2D eigenvalue weighted by Gasteiger charge is 2.38. The van der Waals surface area contributed by atoms with Gasteiger partial charge in [0, 0.05) is 23.6 Å². The first-order chi connectivity index (χ1) is 16.3. The molecule has 1 aromatic carbocycles. The van der Waals surface area contributed by atoms with Crippen molar-refractivity contribution in [2.75, 3.05) is 0 Å². The number of rotatable bonds is 6. The summed E-state index contributed by atoms with van der Waals surface area (Å²) in [6.45, 7) is 11.7. The standard InChI is InChI=1S/C27H32F3N3O2/c1-15-9-21-24(22(34)11-17-12-26(3,4)32-27(5,6)13-17)16(2)31-33(21)23(10-15)35-14-18-19(28)7-8-20(29)25(18)30/h7-10,17,32H,11-14H2,1-6H3. The molecule has 5 nitrogen and oxygen atoms in total. The smallest absolute Gasteiger partial charge is 0.215 e. The summed E-state index contributed by atoms with van der Waals surface area (Å²) in [6.07, 6.45) is 2.18. The molecule has 0 amide bonds. The molecule has 1 fully saturated rings. The maximum absolute atomic E-state index is 14.1. The van der Waals surface area contributed by atoms with Crippen LogP contribution in [0, 0.1) is 37.2 Å². The summed E-state index contributed by atoms with van der Waals surface area (Å²) in [7, 11) is 0. The number of aromatic nitrogens is 2. The van der Waals surface area contributed by atoms with Crippen LogP contribution in [0.25, 0.3) is 5.52 Å². The van der Waals surface area contributed by atoms with E-state index in [1.54, 1.807) is 13.0 Å². The molecule has 188 valence electrons. The van der Waals surface area contributed by atoms with E-state index in [0.29, 0.717) is 23.2 Å². The predicted molar refractivity (Wildman–Crippen MR) is 128 cm³/mol. The highest BCUT2D eigenvalue weighted by molar-refractivity contribution is 6.03. The Morgan fingerprint density at radius 3 is 2.37 bits per heavy atom. The average Bonchev–Trinajstić information content (AvgIpc) is 3.04. The quantitative estimate of drug-likeness (QED) is 0.338. The molecule has 0 aliphatic carbocycles. The number of fused-ring (bicyclic) bond motifs is 1. The summed E-state index contributed by atoms with van der Waals surface area (Å²) in [5.74, 6) is -2.87. The molecule has 2 aromatic heterocycles. The molecule has 0 radical (unpaired) electrons. The second-order valence-electron chi connectivity index (χ2n) is 11.0. The lowest BCUT2D eigenvalue weighted by Gasteiger charge is -2.46. The Morgan fingerprint density at radius 1 is 1.09 bits per heavy atom. The third-order valence-corrected chi connectivity index (χ3v) is 6.55. The minimum Gasteiger partial charge on any atom is -0.473 e. The summed E-state index contributed by atoms with van der Waals surface area (Å²) in [6, 6.07) is 5.11. The van der Waals surface area contributed by atoms with Crippen molar-refractivity contribution < 1.29 is 22.7 Å². The minimum absolute atomic E-state index is 0.00905. The number of aryl methyl sites for hydroxylation is 2. The van der Waals surface area contributed by atoms with E-state index >= 15 is 0 Å². The number of hydrogen-bond acceptors (Lipinski definition) is 4. The summed E-state index contributed by atoms with van der Waals surface area (Å²) in [5, 5.41) is 8.14. The Bertz CT molecular complexity index is 1280. The van der Waals surface area contributed by atoms with Crippen LogP contribution in [-0.4, -0.2) is 26.5 Å². The van der Waals surface area contributed by atoms with Gasteiger partial charge in [0.25, 0.3) is 0 Å². The molecule has 1 saturated heterocycles. The number of pyridine rings is 1. The maximum Gasteiger partial charge on any atom is 0.215 e. The molecule has 3 heterocycles. The van der Waals surface area contributed by atoms with E-state index in [9.17, 15) is 18.0 Å². The van der Waals surface area contributed by atoms with E-state index in [1.165, 1.54) is 4.52 Å². The zero-order chi connectivity index (χ0) is 25.7. The number of piperidine rings is 1. The summed E-state index contributed by atoms with van der Waals surface area (Å²) >= 11 is 0. The Morgan fingerprint density at radius 2 is 1.71 bits per heavy atom. The number of ketones is 1. The third kappa shape index (κ3) is 5.22. The van der Waals surface area contributed by atoms with Gasteiger partial charge in [-0.1, -0.05) is 0 Å². The van der Waals surface area contributed by atoms with Gasteiger partial charge >= 0.3 is 0 Å². The third-order valence-electron chi connectivity index (χ3n) is 6.55. The molecule has 0 unspecified atom stereocenters. The second-order valence-corrected chi connectivity index (χ2v) is 11.0. The Balaban J connectivity index is 1.63. The Labute approximate surface area is 203 Å². The summed E-state index contributed by atoms with van der Waals surface area (Å²) in [4.78, 5) is 13.5. The van der Waals surface area contributed by atoms with Gasteiger partial charge in [-0.2, -0.15) is 5.10 Å². The molecule has 0 saturated carbocycles. The number of hydrogen-bond donors (Lipinski definition) is 1. The van der Waals surface area contributed by atoms with Gasteiger partial charge in [-0.25, -0.2) is 17.7 Å². The molecule has 35 heavy (non-hydrogen) atoms. The van der Waals surface area contributed by atoms with Crippen LogP contribution in [0.4, 0.5) is 13.2 Å². The molecule has 1 aliphatic rings. The minimum atomic E-state index is -1.28. The number of ether oxygens (including phenoxy) is 1. The highest BCUT2D eigenvalue weighted by atomic mass is 19.2. The van der Waals surface area contributed by atoms with Crippen molar-refractivity contribution in [1.82, 2.24) is 14.9 Å². The van der Waals surface area contributed by atoms with Crippen molar-refractivity contribution in [2.24, 2.45) is 5.92 Å². The van der Waals surface area contributed by atoms with Crippen LogP contribution >= 0.6 is 0 Å². The first-order valence-corrected chi connectivity index (χ1v) is 11.8. The van der Waals surface area contributed by atoms with Crippen LogP contribution in [0.1, 0.15) is 74.1 Å². The van der Waals surface area contributed by atoms with Gasteiger partial charge in [0.05, 0.1) is 22.3 Å². The van der Waals surface area contributed by atoms with E-state index < -0.39 is 29.6 Å². The first-order valence-electron chi connectivity index (χ1n) is 11.8. The fourth-order valence-corrected chi connectivity index (χ4v) is 5.70. The maximum atomic E-state index is 14.1. The molecule has 8 heteroatoms. The number of benzene rings is 1. The second kappa shape index (κ2) is 8.97. The summed E-state index contributed by atoms with van der Waals surface area (Å²) < 4.78 is 48.9. The molecule has 3 aromatic rings. The van der Waals surface area contributed by atoms with E-state index in [4.69, 9.17) is 4.74 Å². The van der Waals surface area contributed by atoms with Gasteiger partial charge in [-0.3, -0.25) is 4.79 Å². The van der Waals surface area contributed by atoms with E-state index in [-0.39, 0.29) is 28.7 Å². The fourth-order valence-electron chi connectivity index (χ4n) is 5.70. The van der Waals surface area contributed by atoms with Crippen LogP contribution in [0.5, 0.6) is 5.88 Å². The number of nitrogens with zero attached hydrogens (tertiary/aromatic N) is 2. The zero-order valence-electron chi connectivity index (χ0n) is 21.1. The largest absolute Gasteiger partial charge is 0.473 e. The van der Waals surface area contributed by atoms with Crippen LogP contribution in [-0.2, 0) is 6.61 Å². The number of carbonyl (C=O) groups excluding carboxylic acids is 1. The Kier molecular flexibility index (Phi) is 6.47. The van der Waals surface area contributed by atoms with Crippen LogP contribution < -0.4 is 10.1 Å². The van der Waals surface area contributed by atoms with Gasteiger partial charge in [0.1, 0.15) is 12.4 Å². The predicted octanol–water partition coefficient (Wildman–Crippen LogP) is 6.08. The topological polar surface area (TPSA) is 55.6 Å². The van der Waals surface area contributed by atoms with Crippen molar-refractivity contribution in [3.05, 3.63) is 64.1 Å². The molecule has 0 spiro atoms. The normalized spacial score (nSPS) is 17.6. The van der Waals surface area contributed by atoms with Crippen molar-refractivity contribution in [2.45, 2.75) is 78.5 Å². The van der Waals surface area contributed by atoms with E-state index in [0.717, 1.165) is 30.5 Å². The average molecular weight is 488 g/mol. The van der Waals surface area contributed by atoms with Crippen molar-refractivity contribution in [3.8, 4) is 5.88 Å². The summed E-state index contributed by atoms with van der Waals surface area (Å²) in [5.41, 5.74) is 1.82. The molecule has 0 atom stereocenters. The zero-order valence-corrected chi connectivity index (χ0v) is 21.1. The van der Waals surface area contributed by atoms with Crippen molar-refractivity contribution >= 4 is 11.3 Å². The van der Waals surface area contributed by atoms with Gasteiger partial charge in [-0.15, -0.1) is 0 Å². The number of carbonyl (C=O) groups is 1. The van der Waals surface area contributed by atoms with Gasteiger partial charge in [0.2, 0.25) is 5.88 Å². The van der Waals surface area contributed by atoms with Gasteiger partial charge in [-0.05, 0) is 84.1 Å². The van der Waals surface area contributed by atoms with Crippen LogP contribution in [0.2, 0.25) is 0 Å². The number of halogens is 3. The van der Waals surface area contributed by atoms with E-state index in [2.05, 4.69) is 38.1 Å². The van der Waals surface area contributed by atoms with Gasteiger partial charge < -0.3 is 10.1 Å². The Hall–Kier alpha value is -2.87. The monoisotopic (exact) mass is 487 g/mol.